The number of aliphatic carboxylic acids is 1. The highest BCUT2D eigenvalue weighted by Gasteiger charge is 2.21. The molecule has 1 N–H and O–H groups in total. The Morgan fingerprint density at radius 2 is 2.31 bits per heavy atom. The monoisotopic (exact) mass is 242 g/mol. The third kappa shape index (κ3) is 3.28. The smallest absolute Gasteiger partial charge is 0.320 e. The highest BCUT2D eigenvalue weighted by Crippen LogP contribution is 2.16. The molecule has 0 radical (unpaired) electrons. The largest absolute Gasteiger partial charge is 0.480 e. The molecule has 1 heterocycles. The fraction of sp³-hybridized carbons (Fsp3) is 0.636. The molecule has 1 aromatic rings. The van der Waals surface area contributed by atoms with Crippen LogP contribution in [0.5, 0.6) is 0 Å². The van der Waals surface area contributed by atoms with Gasteiger partial charge in [0.25, 0.3) is 0 Å². The van der Waals surface area contributed by atoms with Crippen molar-refractivity contribution in [1.29, 1.82) is 0 Å². The van der Waals surface area contributed by atoms with Crippen molar-refractivity contribution in [3.8, 4) is 0 Å². The summed E-state index contributed by atoms with van der Waals surface area (Å²) in [6.45, 7) is 4.58. The van der Waals surface area contributed by atoms with Crippen LogP contribution in [0.15, 0.2) is 6.20 Å². The van der Waals surface area contributed by atoms with E-state index >= 15 is 0 Å². The second-order valence-electron chi connectivity index (χ2n) is 3.75. The summed E-state index contributed by atoms with van der Waals surface area (Å²) in [6, 6.07) is -0.422. The molecule has 0 aliphatic heterocycles. The van der Waals surface area contributed by atoms with E-state index < -0.39 is 12.0 Å². The molecule has 1 atom stereocenters. The maximum absolute atomic E-state index is 11.0. The minimum absolute atomic E-state index is 0.422. The van der Waals surface area contributed by atoms with E-state index in [1.165, 1.54) is 4.88 Å². The van der Waals surface area contributed by atoms with Crippen LogP contribution in [-0.4, -0.2) is 34.0 Å². The Bertz CT molecular complexity index is 352. The van der Waals surface area contributed by atoms with Gasteiger partial charge in [-0.2, -0.15) is 0 Å². The molecular weight excluding hydrogens is 224 g/mol. The molecule has 0 aromatic carbocycles. The molecule has 0 bridgehead atoms. The van der Waals surface area contributed by atoms with Crippen molar-refractivity contribution in [3.05, 3.63) is 16.1 Å². The molecule has 90 valence electrons. The highest BCUT2D eigenvalue weighted by molar-refractivity contribution is 7.11. The first-order chi connectivity index (χ1) is 7.58. The molecular formula is C11H18N2O2S. The van der Waals surface area contributed by atoms with E-state index in [4.69, 9.17) is 5.11 Å². The topological polar surface area (TPSA) is 53.4 Å². The number of carboxylic acids is 1. The summed E-state index contributed by atoms with van der Waals surface area (Å²) < 4.78 is 0. The Morgan fingerprint density at radius 3 is 2.75 bits per heavy atom. The van der Waals surface area contributed by atoms with Crippen LogP contribution < -0.4 is 0 Å². The zero-order valence-electron chi connectivity index (χ0n) is 9.93. The molecule has 0 saturated carbocycles. The van der Waals surface area contributed by atoms with Gasteiger partial charge in [0.1, 0.15) is 11.0 Å². The lowest BCUT2D eigenvalue weighted by Crippen LogP contribution is -2.37. The van der Waals surface area contributed by atoms with Gasteiger partial charge in [0.05, 0.1) is 6.54 Å². The van der Waals surface area contributed by atoms with Gasteiger partial charge >= 0.3 is 5.97 Å². The Balaban J connectivity index is 2.62. The fourth-order valence-corrected chi connectivity index (χ4v) is 2.51. The van der Waals surface area contributed by atoms with Gasteiger partial charge in [-0.05, 0) is 19.9 Å². The quantitative estimate of drug-likeness (QED) is 0.829. The number of carbonyl (C=O) groups is 1. The number of aromatic nitrogens is 1. The zero-order valence-corrected chi connectivity index (χ0v) is 10.8. The molecule has 1 unspecified atom stereocenters. The summed E-state index contributed by atoms with van der Waals surface area (Å²) >= 11 is 1.66. The first-order valence-electron chi connectivity index (χ1n) is 5.45. The molecule has 1 aromatic heterocycles. The van der Waals surface area contributed by atoms with Crippen LogP contribution in [0.3, 0.4) is 0 Å². The Hall–Kier alpha value is -0.940. The average Bonchev–Trinajstić information content (AvgIpc) is 2.65. The Kier molecular flexibility index (Phi) is 4.89. The minimum Gasteiger partial charge on any atom is -0.480 e. The van der Waals surface area contributed by atoms with E-state index in [9.17, 15) is 4.79 Å². The number of aryl methyl sites for hydroxylation is 1. The number of hydrogen-bond donors (Lipinski definition) is 1. The molecule has 0 aliphatic carbocycles. The van der Waals surface area contributed by atoms with Crippen LogP contribution >= 0.6 is 11.3 Å². The van der Waals surface area contributed by atoms with Crippen molar-refractivity contribution in [1.82, 2.24) is 9.88 Å². The van der Waals surface area contributed by atoms with Gasteiger partial charge in [0.15, 0.2) is 0 Å². The fourth-order valence-electron chi connectivity index (χ4n) is 1.58. The van der Waals surface area contributed by atoms with Crippen LogP contribution in [0, 0.1) is 0 Å². The second kappa shape index (κ2) is 5.96. The van der Waals surface area contributed by atoms with E-state index in [2.05, 4.69) is 11.9 Å². The third-order valence-corrected chi connectivity index (χ3v) is 3.66. The van der Waals surface area contributed by atoms with Crippen molar-refractivity contribution in [2.24, 2.45) is 0 Å². The molecule has 0 spiro atoms. The van der Waals surface area contributed by atoms with Gasteiger partial charge < -0.3 is 5.11 Å². The van der Waals surface area contributed by atoms with Crippen molar-refractivity contribution in [3.63, 3.8) is 0 Å². The van der Waals surface area contributed by atoms with Crippen LogP contribution in [0.1, 0.15) is 30.2 Å². The minimum atomic E-state index is -0.766. The third-order valence-electron chi connectivity index (χ3n) is 2.54. The molecule has 4 nitrogen and oxygen atoms in total. The molecule has 16 heavy (non-hydrogen) atoms. The number of carboxylic acid groups (broad SMARTS) is 1. The summed E-state index contributed by atoms with van der Waals surface area (Å²) in [5, 5.41) is 10.00. The van der Waals surface area contributed by atoms with Crippen molar-refractivity contribution in [2.75, 3.05) is 7.05 Å². The number of thiazole rings is 1. The summed E-state index contributed by atoms with van der Waals surface area (Å²) in [4.78, 5) is 18.3. The van der Waals surface area contributed by atoms with E-state index in [1.54, 1.807) is 11.3 Å². The van der Waals surface area contributed by atoms with Crippen LogP contribution in [0.2, 0.25) is 0 Å². The van der Waals surface area contributed by atoms with E-state index in [-0.39, 0.29) is 0 Å². The van der Waals surface area contributed by atoms with Crippen molar-refractivity contribution < 1.29 is 9.90 Å². The zero-order chi connectivity index (χ0) is 12.1. The first-order valence-corrected chi connectivity index (χ1v) is 6.26. The SMILES string of the molecule is CCc1cnc(CN(C)C(CC)C(=O)O)s1. The summed E-state index contributed by atoms with van der Waals surface area (Å²) in [6.07, 6.45) is 3.46. The van der Waals surface area contributed by atoms with Gasteiger partial charge in [-0.3, -0.25) is 9.69 Å². The number of likely N-dealkylation sites (N-methyl/N-ethyl adjacent to an activating group) is 1. The normalized spacial score (nSPS) is 13.0. The van der Waals surface area contributed by atoms with Gasteiger partial charge in [-0.25, -0.2) is 4.98 Å². The average molecular weight is 242 g/mol. The number of hydrogen-bond acceptors (Lipinski definition) is 4. The first kappa shape index (κ1) is 13.1. The lowest BCUT2D eigenvalue weighted by molar-refractivity contribution is -0.143. The molecule has 0 saturated heterocycles. The van der Waals surface area contributed by atoms with Crippen LogP contribution in [-0.2, 0) is 17.8 Å². The van der Waals surface area contributed by atoms with E-state index in [0.29, 0.717) is 13.0 Å². The van der Waals surface area contributed by atoms with Gasteiger partial charge in [-0.1, -0.05) is 13.8 Å². The highest BCUT2D eigenvalue weighted by atomic mass is 32.1. The lowest BCUT2D eigenvalue weighted by Gasteiger charge is -2.22. The summed E-state index contributed by atoms with van der Waals surface area (Å²) in [5.74, 6) is -0.766. The second-order valence-corrected chi connectivity index (χ2v) is 4.95. The number of rotatable bonds is 6. The van der Waals surface area contributed by atoms with Crippen molar-refractivity contribution in [2.45, 2.75) is 39.3 Å². The Labute approximate surface area is 99.9 Å². The van der Waals surface area contributed by atoms with Crippen molar-refractivity contribution >= 4 is 17.3 Å². The molecule has 5 heteroatoms. The lowest BCUT2D eigenvalue weighted by atomic mass is 10.2. The number of nitrogens with zero attached hydrogens (tertiary/aromatic N) is 2. The molecule has 1 rings (SSSR count). The van der Waals surface area contributed by atoms with Gasteiger partial charge in [0.2, 0.25) is 0 Å². The standard InChI is InChI=1S/C11H18N2O2S/c1-4-8-6-12-10(16-8)7-13(3)9(5-2)11(14)15/h6,9H,4-5,7H2,1-3H3,(H,14,15). The maximum Gasteiger partial charge on any atom is 0.320 e. The van der Waals surface area contributed by atoms with Gasteiger partial charge in [-0.15, -0.1) is 11.3 Å². The van der Waals surface area contributed by atoms with E-state index in [0.717, 1.165) is 11.4 Å². The van der Waals surface area contributed by atoms with Crippen LogP contribution in [0.25, 0.3) is 0 Å². The maximum atomic E-state index is 11.0. The molecule has 0 amide bonds. The van der Waals surface area contributed by atoms with Crippen LogP contribution in [0.4, 0.5) is 0 Å². The Morgan fingerprint density at radius 1 is 1.62 bits per heavy atom. The summed E-state index contributed by atoms with van der Waals surface area (Å²) in [7, 11) is 1.83. The van der Waals surface area contributed by atoms with E-state index in [1.807, 2.05) is 25.1 Å². The predicted octanol–water partition coefficient (Wildman–Crippen LogP) is 2.00. The van der Waals surface area contributed by atoms with Gasteiger partial charge in [0, 0.05) is 11.1 Å². The predicted molar refractivity (Wildman–Crippen MR) is 64.7 cm³/mol. The summed E-state index contributed by atoms with van der Waals surface area (Å²) in [5.41, 5.74) is 0. The molecule has 0 aliphatic rings. The molecule has 0 fully saturated rings.